The Morgan fingerprint density at radius 1 is 1.24 bits per heavy atom. The molecule has 17 heavy (non-hydrogen) atoms. The second-order valence-electron chi connectivity index (χ2n) is 3.90. The maximum Gasteiger partial charge on any atom is 0.262 e. The van der Waals surface area contributed by atoms with Crippen LogP contribution >= 0.6 is 0 Å². The highest BCUT2D eigenvalue weighted by Gasteiger charge is 2.16. The monoisotopic (exact) mass is 265 g/mol. The number of halogens is 2. The van der Waals surface area contributed by atoms with Crippen molar-refractivity contribution in [2.75, 3.05) is 6.61 Å². The number of sulfonamides is 1. The number of benzene rings is 1. The van der Waals surface area contributed by atoms with Crippen molar-refractivity contribution in [3.8, 4) is 0 Å². The van der Waals surface area contributed by atoms with Crippen molar-refractivity contribution in [2.24, 2.45) is 5.92 Å². The van der Waals surface area contributed by atoms with Crippen LogP contribution < -0.4 is 4.89 Å². The van der Waals surface area contributed by atoms with Gasteiger partial charge in [-0.3, -0.25) is 4.84 Å². The minimum Gasteiger partial charge on any atom is -0.287 e. The van der Waals surface area contributed by atoms with E-state index in [9.17, 15) is 17.2 Å². The van der Waals surface area contributed by atoms with E-state index >= 15 is 0 Å². The fourth-order valence-electron chi connectivity index (χ4n) is 1.01. The fraction of sp³-hybridized carbons (Fsp3) is 0.400. The van der Waals surface area contributed by atoms with Gasteiger partial charge in [-0.1, -0.05) is 18.7 Å². The Morgan fingerprint density at radius 2 is 1.76 bits per heavy atom. The molecule has 0 amide bonds. The van der Waals surface area contributed by atoms with Crippen molar-refractivity contribution in [1.82, 2.24) is 4.89 Å². The average Bonchev–Trinajstić information content (AvgIpc) is 2.14. The number of nitrogens with one attached hydrogen (secondary N) is 1. The maximum absolute atomic E-state index is 12.8. The first-order chi connectivity index (χ1) is 7.81. The molecule has 0 saturated heterocycles. The lowest BCUT2D eigenvalue weighted by Gasteiger charge is -2.09. The van der Waals surface area contributed by atoms with Crippen LogP contribution in [0.1, 0.15) is 13.8 Å². The molecule has 1 N–H and O–H groups in total. The van der Waals surface area contributed by atoms with E-state index in [0.29, 0.717) is 18.2 Å². The summed E-state index contributed by atoms with van der Waals surface area (Å²) in [5, 5.41) is 0. The topological polar surface area (TPSA) is 55.4 Å². The van der Waals surface area contributed by atoms with Crippen LogP contribution in [0.4, 0.5) is 8.78 Å². The molecular weight excluding hydrogens is 252 g/mol. The molecule has 0 fully saturated rings. The minimum atomic E-state index is -4.05. The largest absolute Gasteiger partial charge is 0.287 e. The zero-order valence-electron chi connectivity index (χ0n) is 9.41. The van der Waals surface area contributed by atoms with Gasteiger partial charge in [0.05, 0.1) is 11.5 Å². The first-order valence-electron chi connectivity index (χ1n) is 4.91. The molecular formula is C10H13F2NO3S. The summed E-state index contributed by atoms with van der Waals surface area (Å²) >= 11 is 0. The molecule has 0 radical (unpaired) electrons. The van der Waals surface area contributed by atoms with E-state index in [0.717, 1.165) is 0 Å². The second-order valence-corrected chi connectivity index (χ2v) is 5.54. The second kappa shape index (κ2) is 5.52. The summed E-state index contributed by atoms with van der Waals surface area (Å²) in [6, 6.07) is 2.02. The highest BCUT2D eigenvalue weighted by Crippen LogP contribution is 2.13. The number of hydrogen-bond donors (Lipinski definition) is 1. The van der Waals surface area contributed by atoms with Crippen LogP contribution in [0.2, 0.25) is 0 Å². The lowest BCUT2D eigenvalue weighted by atomic mass is 10.2. The van der Waals surface area contributed by atoms with E-state index in [1.165, 1.54) is 0 Å². The van der Waals surface area contributed by atoms with Crippen LogP contribution in [0, 0.1) is 17.6 Å². The van der Waals surface area contributed by atoms with Gasteiger partial charge in [0.25, 0.3) is 10.0 Å². The van der Waals surface area contributed by atoms with Crippen LogP contribution in [0.5, 0.6) is 0 Å². The van der Waals surface area contributed by atoms with Crippen LogP contribution in [-0.4, -0.2) is 15.0 Å². The Bertz CT molecular complexity index is 468. The Morgan fingerprint density at radius 3 is 2.24 bits per heavy atom. The van der Waals surface area contributed by atoms with Crippen molar-refractivity contribution in [3.05, 3.63) is 29.8 Å². The normalized spacial score (nSPS) is 12.1. The van der Waals surface area contributed by atoms with Gasteiger partial charge >= 0.3 is 0 Å². The van der Waals surface area contributed by atoms with E-state index in [4.69, 9.17) is 4.84 Å². The summed E-state index contributed by atoms with van der Waals surface area (Å²) in [6.07, 6.45) is 0. The molecule has 1 rings (SSSR count). The van der Waals surface area contributed by atoms with Gasteiger partial charge in [0.15, 0.2) is 0 Å². The third-order valence-corrected chi connectivity index (χ3v) is 2.93. The summed E-state index contributed by atoms with van der Waals surface area (Å²) in [4.78, 5) is 6.00. The third-order valence-electron chi connectivity index (χ3n) is 1.73. The van der Waals surface area contributed by atoms with Crippen molar-refractivity contribution in [1.29, 1.82) is 0 Å². The predicted molar refractivity (Wildman–Crippen MR) is 57.5 cm³/mol. The van der Waals surface area contributed by atoms with Gasteiger partial charge in [-0.25, -0.2) is 17.2 Å². The molecule has 1 aromatic carbocycles. The summed E-state index contributed by atoms with van der Waals surface area (Å²) < 4.78 is 48.8. The molecule has 0 atom stereocenters. The van der Waals surface area contributed by atoms with Crippen LogP contribution in [0.15, 0.2) is 23.1 Å². The highest BCUT2D eigenvalue weighted by atomic mass is 32.2. The molecule has 0 bridgehead atoms. The van der Waals surface area contributed by atoms with Gasteiger partial charge in [-0.2, -0.15) is 0 Å². The minimum absolute atomic E-state index is 0.127. The molecule has 0 spiro atoms. The van der Waals surface area contributed by atoms with Crippen LogP contribution in [-0.2, 0) is 14.9 Å². The third kappa shape index (κ3) is 4.37. The SMILES string of the molecule is CC(C)CONS(=O)(=O)c1cc(F)cc(F)c1. The van der Waals surface area contributed by atoms with Gasteiger partial charge in [-0.05, 0) is 18.1 Å². The summed E-state index contributed by atoms with van der Waals surface area (Å²) in [5.41, 5.74) is 0. The van der Waals surface area contributed by atoms with Gasteiger partial charge in [-0.15, -0.1) is 0 Å². The average molecular weight is 265 g/mol. The van der Waals surface area contributed by atoms with E-state index in [1.807, 2.05) is 13.8 Å². The molecule has 0 aliphatic heterocycles. The van der Waals surface area contributed by atoms with Crippen LogP contribution in [0.25, 0.3) is 0 Å². The van der Waals surface area contributed by atoms with E-state index in [1.54, 1.807) is 4.89 Å². The lowest BCUT2D eigenvalue weighted by Crippen LogP contribution is -2.26. The van der Waals surface area contributed by atoms with Crippen molar-refractivity contribution in [2.45, 2.75) is 18.7 Å². The van der Waals surface area contributed by atoms with E-state index in [-0.39, 0.29) is 12.5 Å². The molecule has 0 aromatic heterocycles. The first kappa shape index (κ1) is 14.0. The Hall–Kier alpha value is -1.05. The van der Waals surface area contributed by atoms with Crippen molar-refractivity contribution >= 4 is 10.0 Å². The molecule has 96 valence electrons. The summed E-state index contributed by atoms with van der Waals surface area (Å²) in [7, 11) is -4.05. The van der Waals surface area contributed by atoms with E-state index < -0.39 is 26.6 Å². The first-order valence-corrected chi connectivity index (χ1v) is 6.39. The molecule has 4 nitrogen and oxygen atoms in total. The quantitative estimate of drug-likeness (QED) is 0.826. The zero-order chi connectivity index (χ0) is 13.1. The summed E-state index contributed by atoms with van der Waals surface area (Å²) in [6.45, 7) is 3.82. The van der Waals surface area contributed by atoms with Crippen molar-refractivity contribution in [3.63, 3.8) is 0 Å². The molecule has 7 heteroatoms. The predicted octanol–water partition coefficient (Wildman–Crippen LogP) is 1.83. The maximum atomic E-state index is 12.8. The lowest BCUT2D eigenvalue weighted by molar-refractivity contribution is 0.0718. The number of rotatable bonds is 5. The Balaban J connectivity index is 2.82. The molecule has 0 saturated carbocycles. The van der Waals surface area contributed by atoms with Crippen LogP contribution in [0.3, 0.4) is 0 Å². The molecule has 0 heterocycles. The van der Waals surface area contributed by atoms with Crippen molar-refractivity contribution < 1.29 is 22.0 Å². The Kier molecular flexibility index (Phi) is 4.55. The van der Waals surface area contributed by atoms with Gasteiger partial charge in [0.1, 0.15) is 11.6 Å². The smallest absolute Gasteiger partial charge is 0.262 e. The highest BCUT2D eigenvalue weighted by molar-refractivity contribution is 7.89. The molecule has 0 aliphatic carbocycles. The summed E-state index contributed by atoms with van der Waals surface area (Å²) in [5.74, 6) is -1.80. The molecule has 0 unspecified atom stereocenters. The van der Waals surface area contributed by atoms with E-state index in [2.05, 4.69) is 0 Å². The van der Waals surface area contributed by atoms with Gasteiger partial charge in [0, 0.05) is 6.07 Å². The molecule has 0 aliphatic rings. The molecule has 1 aromatic rings. The Labute approximate surface area is 98.6 Å². The van der Waals surface area contributed by atoms with Gasteiger partial charge in [0.2, 0.25) is 0 Å². The fourth-order valence-corrected chi connectivity index (χ4v) is 1.86. The van der Waals surface area contributed by atoms with Gasteiger partial charge < -0.3 is 0 Å². The standard InChI is InChI=1S/C10H13F2NO3S/c1-7(2)6-16-13-17(14,15)10-4-8(11)3-9(12)5-10/h3-5,7,13H,6H2,1-2H3. The number of hydrogen-bond acceptors (Lipinski definition) is 3. The zero-order valence-corrected chi connectivity index (χ0v) is 10.2.